The molecule has 5 nitrogen and oxygen atoms in total. The van der Waals surface area contributed by atoms with Crippen LogP contribution in [-0.4, -0.2) is 36.7 Å². The van der Waals surface area contributed by atoms with Gasteiger partial charge in [-0.25, -0.2) is 12.8 Å². The van der Waals surface area contributed by atoms with Crippen LogP contribution in [-0.2, 0) is 16.6 Å². The highest BCUT2D eigenvalue weighted by Crippen LogP contribution is 2.19. The fourth-order valence-corrected chi connectivity index (χ4v) is 3.94. The number of ketones is 1. The van der Waals surface area contributed by atoms with Gasteiger partial charge in [-0.15, -0.1) is 0 Å². The average molecular weight is 366 g/mol. The fraction of sp³-hybridized carbons (Fsp3) is 0.389. The van der Waals surface area contributed by atoms with Gasteiger partial charge in [-0.3, -0.25) is 4.79 Å². The van der Waals surface area contributed by atoms with Crippen LogP contribution in [0, 0.1) is 19.7 Å². The van der Waals surface area contributed by atoms with Crippen molar-refractivity contribution in [2.24, 2.45) is 0 Å². The van der Waals surface area contributed by atoms with Crippen molar-refractivity contribution in [2.75, 3.05) is 13.6 Å². The number of aromatic nitrogens is 1. The van der Waals surface area contributed by atoms with Crippen molar-refractivity contribution in [3.8, 4) is 0 Å². The lowest BCUT2D eigenvalue weighted by Gasteiger charge is -2.16. The molecular weight excluding hydrogens is 343 g/mol. The van der Waals surface area contributed by atoms with Crippen LogP contribution in [0.4, 0.5) is 4.39 Å². The quantitative estimate of drug-likeness (QED) is 0.707. The summed E-state index contributed by atoms with van der Waals surface area (Å²) in [7, 11) is -2.50. The third kappa shape index (κ3) is 3.99. The minimum absolute atomic E-state index is 0.0411. The van der Waals surface area contributed by atoms with Crippen molar-refractivity contribution in [1.29, 1.82) is 0 Å². The first-order valence-electron chi connectivity index (χ1n) is 8.10. The molecule has 0 aliphatic carbocycles. The second-order valence-electron chi connectivity index (χ2n) is 6.07. The summed E-state index contributed by atoms with van der Waals surface area (Å²) >= 11 is 0. The molecule has 1 aromatic carbocycles. The van der Waals surface area contributed by atoms with E-state index in [1.54, 1.807) is 6.07 Å². The number of hydrogen-bond acceptors (Lipinski definition) is 3. The molecule has 0 spiro atoms. The van der Waals surface area contributed by atoms with Crippen LogP contribution in [0.1, 0.15) is 35.1 Å². The second-order valence-corrected chi connectivity index (χ2v) is 8.12. The molecule has 0 N–H and O–H groups in total. The van der Waals surface area contributed by atoms with E-state index < -0.39 is 15.8 Å². The molecule has 1 heterocycles. The molecule has 2 aromatic rings. The van der Waals surface area contributed by atoms with Gasteiger partial charge in [0.15, 0.2) is 5.78 Å². The van der Waals surface area contributed by atoms with E-state index in [2.05, 4.69) is 11.5 Å². The predicted molar refractivity (Wildman–Crippen MR) is 94.7 cm³/mol. The van der Waals surface area contributed by atoms with E-state index in [9.17, 15) is 17.6 Å². The molecule has 7 heteroatoms. The minimum atomic E-state index is -3.85. The summed E-state index contributed by atoms with van der Waals surface area (Å²) in [6.45, 7) is 6.40. The normalized spacial score (nSPS) is 11.9. The van der Waals surface area contributed by atoms with E-state index in [-0.39, 0.29) is 17.2 Å². The lowest BCUT2D eigenvalue weighted by Crippen LogP contribution is -2.32. The van der Waals surface area contributed by atoms with Crippen molar-refractivity contribution < 1.29 is 17.6 Å². The smallest absolute Gasteiger partial charge is 0.243 e. The van der Waals surface area contributed by atoms with Gasteiger partial charge in [-0.05, 0) is 50.6 Å². The molecular formula is C18H23FN2O3S. The SMILES string of the molecule is CCCn1c(C)cc(C(=O)CN(C)S(=O)(=O)c2ccc(F)cc2)c1C. The van der Waals surface area contributed by atoms with Crippen LogP contribution in [0.2, 0.25) is 0 Å². The first kappa shape index (κ1) is 19.3. The summed E-state index contributed by atoms with van der Waals surface area (Å²) in [4.78, 5) is 12.6. The Hall–Kier alpha value is -1.99. The highest BCUT2D eigenvalue weighted by molar-refractivity contribution is 7.89. The number of likely N-dealkylation sites (N-methyl/N-ethyl adjacent to an activating group) is 1. The Balaban J connectivity index is 2.22. The van der Waals surface area contributed by atoms with Gasteiger partial charge in [-0.1, -0.05) is 6.92 Å². The van der Waals surface area contributed by atoms with Gasteiger partial charge < -0.3 is 4.57 Å². The van der Waals surface area contributed by atoms with Crippen molar-refractivity contribution in [1.82, 2.24) is 8.87 Å². The maximum Gasteiger partial charge on any atom is 0.243 e. The molecule has 0 atom stereocenters. The van der Waals surface area contributed by atoms with E-state index in [0.717, 1.165) is 40.8 Å². The molecule has 0 aliphatic rings. The number of halogens is 1. The Kier molecular flexibility index (Phi) is 5.80. The zero-order valence-corrected chi connectivity index (χ0v) is 15.7. The summed E-state index contributed by atoms with van der Waals surface area (Å²) < 4.78 is 41.1. The molecule has 136 valence electrons. The van der Waals surface area contributed by atoms with Crippen molar-refractivity contribution >= 4 is 15.8 Å². The summed E-state index contributed by atoms with van der Waals surface area (Å²) in [6.07, 6.45) is 0.947. The van der Waals surface area contributed by atoms with Crippen LogP contribution in [0.25, 0.3) is 0 Å². The van der Waals surface area contributed by atoms with Gasteiger partial charge in [-0.2, -0.15) is 4.31 Å². The number of benzene rings is 1. The van der Waals surface area contributed by atoms with Gasteiger partial charge in [0.1, 0.15) is 5.82 Å². The molecule has 2 rings (SSSR count). The zero-order chi connectivity index (χ0) is 18.8. The summed E-state index contributed by atoms with van der Waals surface area (Å²) in [5.74, 6) is -0.773. The molecule has 0 bridgehead atoms. The van der Waals surface area contributed by atoms with Gasteiger partial charge in [0.2, 0.25) is 10.0 Å². The third-order valence-corrected chi connectivity index (χ3v) is 6.03. The average Bonchev–Trinajstić information content (AvgIpc) is 2.83. The van der Waals surface area contributed by atoms with E-state index in [1.165, 1.54) is 19.2 Å². The number of carbonyl (C=O) groups excluding carboxylic acids is 1. The maximum atomic E-state index is 13.0. The fourth-order valence-electron chi connectivity index (χ4n) is 2.81. The number of rotatable bonds is 7. The molecule has 0 saturated heterocycles. The Morgan fingerprint density at radius 1 is 1.20 bits per heavy atom. The predicted octanol–water partition coefficient (Wildman–Crippen LogP) is 3.16. The first-order chi connectivity index (χ1) is 11.7. The van der Waals surface area contributed by atoms with Gasteiger partial charge in [0, 0.05) is 30.5 Å². The Morgan fingerprint density at radius 3 is 2.36 bits per heavy atom. The Labute approximate surface area is 148 Å². The van der Waals surface area contributed by atoms with Crippen molar-refractivity contribution in [3.05, 3.63) is 53.1 Å². The molecule has 0 radical (unpaired) electrons. The lowest BCUT2D eigenvalue weighted by molar-refractivity contribution is 0.0972. The van der Waals surface area contributed by atoms with Crippen LogP contribution >= 0.6 is 0 Å². The molecule has 0 amide bonds. The van der Waals surface area contributed by atoms with E-state index in [4.69, 9.17) is 0 Å². The van der Waals surface area contributed by atoms with Crippen LogP contribution in [0.5, 0.6) is 0 Å². The molecule has 1 aromatic heterocycles. The van der Waals surface area contributed by atoms with Gasteiger partial charge >= 0.3 is 0 Å². The third-order valence-electron chi connectivity index (χ3n) is 4.21. The first-order valence-corrected chi connectivity index (χ1v) is 9.54. The standard InChI is InChI=1S/C18H23FN2O3S/c1-5-10-21-13(2)11-17(14(21)3)18(22)12-20(4)25(23,24)16-8-6-15(19)7-9-16/h6-9,11H,5,10,12H2,1-4H3. The van der Waals surface area contributed by atoms with Crippen molar-refractivity contribution in [2.45, 2.75) is 38.6 Å². The summed E-state index contributed by atoms with van der Waals surface area (Å²) in [6, 6.07) is 6.35. The minimum Gasteiger partial charge on any atom is -0.348 e. The van der Waals surface area contributed by atoms with Gasteiger partial charge in [0.25, 0.3) is 0 Å². The molecule has 0 unspecified atom stereocenters. The second kappa shape index (κ2) is 7.49. The highest BCUT2D eigenvalue weighted by Gasteiger charge is 2.25. The molecule has 0 saturated carbocycles. The van der Waals surface area contributed by atoms with E-state index in [0.29, 0.717) is 5.56 Å². The maximum absolute atomic E-state index is 13.0. The topological polar surface area (TPSA) is 59.4 Å². The van der Waals surface area contributed by atoms with Gasteiger partial charge in [0.05, 0.1) is 11.4 Å². The molecule has 0 aliphatic heterocycles. The Bertz CT molecular complexity index is 870. The number of sulfonamides is 1. The largest absolute Gasteiger partial charge is 0.348 e. The number of Topliss-reactive ketones (excluding diaryl/α,β-unsaturated/α-hetero) is 1. The zero-order valence-electron chi connectivity index (χ0n) is 14.9. The highest BCUT2D eigenvalue weighted by atomic mass is 32.2. The number of nitrogens with zero attached hydrogens (tertiary/aromatic N) is 2. The number of carbonyl (C=O) groups is 1. The van der Waals surface area contributed by atoms with Crippen LogP contribution < -0.4 is 0 Å². The number of aryl methyl sites for hydroxylation is 1. The summed E-state index contributed by atoms with van der Waals surface area (Å²) in [5, 5.41) is 0. The van der Waals surface area contributed by atoms with E-state index in [1.807, 2.05) is 13.8 Å². The summed E-state index contributed by atoms with van der Waals surface area (Å²) in [5.41, 5.74) is 2.36. The number of hydrogen-bond donors (Lipinski definition) is 0. The lowest BCUT2D eigenvalue weighted by atomic mass is 10.1. The van der Waals surface area contributed by atoms with Crippen LogP contribution in [0.15, 0.2) is 35.2 Å². The van der Waals surface area contributed by atoms with Crippen LogP contribution in [0.3, 0.4) is 0 Å². The van der Waals surface area contributed by atoms with E-state index >= 15 is 0 Å². The monoisotopic (exact) mass is 366 g/mol. The molecule has 0 fully saturated rings. The van der Waals surface area contributed by atoms with Crippen molar-refractivity contribution in [3.63, 3.8) is 0 Å². The Morgan fingerprint density at radius 2 is 1.80 bits per heavy atom. The molecule has 25 heavy (non-hydrogen) atoms.